The molecular formula is C13H22N2O3. The predicted molar refractivity (Wildman–Crippen MR) is 69.3 cm³/mol. The molecule has 0 radical (unpaired) electrons. The minimum atomic E-state index is -0.845. The fraction of sp³-hybridized carbons (Fsp3) is 0.692. The van der Waals surface area contributed by atoms with E-state index in [9.17, 15) is 9.59 Å². The highest BCUT2D eigenvalue weighted by Gasteiger charge is 2.26. The van der Waals surface area contributed by atoms with E-state index >= 15 is 0 Å². The van der Waals surface area contributed by atoms with Gasteiger partial charge in [0, 0.05) is 5.54 Å². The summed E-state index contributed by atoms with van der Waals surface area (Å²) in [6.45, 7) is 6.01. The highest BCUT2D eigenvalue weighted by atomic mass is 16.4. The lowest BCUT2D eigenvalue weighted by Crippen LogP contribution is -2.50. The molecule has 0 saturated carbocycles. The molecule has 0 aromatic carbocycles. The lowest BCUT2D eigenvalue weighted by molar-refractivity contribution is -0.140. The lowest BCUT2D eigenvalue weighted by Gasteiger charge is -2.26. The van der Waals surface area contributed by atoms with Crippen molar-refractivity contribution in [3.8, 4) is 0 Å². The number of hydrogen-bond donors (Lipinski definition) is 3. The SMILES string of the molecule is CCCC(C)(C)NC(=O)NC1C=CC(C(=O)O)C1. The van der Waals surface area contributed by atoms with Crippen molar-refractivity contribution >= 4 is 12.0 Å². The fourth-order valence-corrected chi connectivity index (χ4v) is 2.19. The molecule has 1 aliphatic carbocycles. The second-order valence-corrected chi connectivity index (χ2v) is 5.40. The van der Waals surface area contributed by atoms with Crippen molar-refractivity contribution in [1.82, 2.24) is 10.6 Å². The van der Waals surface area contributed by atoms with Crippen LogP contribution in [0.1, 0.15) is 40.0 Å². The molecule has 0 aromatic heterocycles. The summed E-state index contributed by atoms with van der Waals surface area (Å²) in [6, 6.07) is -0.433. The number of aliphatic carboxylic acids is 1. The highest BCUT2D eigenvalue weighted by molar-refractivity contribution is 5.76. The van der Waals surface area contributed by atoms with Gasteiger partial charge in [-0.1, -0.05) is 25.5 Å². The first-order valence-electron chi connectivity index (χ1n) is 6.34. The van der Waals surface area contributed by atoms with Crippen LogP contribution in [0.15, 0.2) is 12.2 Å². The maximum absolute atomic E-state index is 11.8. The molecule has 5 nitrogen and oxygen atoms in total. The standard InChI is InChI=1S/C13H22N2O3/c1-4-7-13(2,3)15-12(18)14-10-6-5-9(8-10)11(16)17/h5-6,9-10H,4,7-8H2,1-3H3,(H,16,17)(H2,14,15,18). The van der Waals surface area contributed by atoms with E-state index in [1.807, 2.05) is 13.8 Å². The van der Waals surface area contributed by atoms with E-state index in [1.54, 1.807) is 12.2 Å². The van der Waals surface area contributed by atoms with Crippen LogP contribution in [0.25, 0.3) is 0 Å². The third-order valence-electron chi connectivity index (χ3n) is 3.04. The van der Waals surface area contributed by atoms with E-state index in [4.69, 9.17) is 5.11 Å². The normalized spacial score (nSPS) is 22.8. The van der Waals surface area contributed by atoms with E-state index in [2.05, 4.69) is 17.6 Å². The number of nitrogens with one attached hydrogen (secondary N) is 2. The van der Waals surface area contributed by atoms with Crippen LogP contribution in [0.2, 0.25) is 0 Å². The monoisotopic (exact) mass is 254 g/mol. The van der Waals surface area contributed by atoms with Crippen molar-refractivity contribution in [1.29, 1.82) is 0 Å². The van der Waals surface area contributed by atoms with Crippen LogP contribution >= 0.6 is 0 Å². The van der Waals surface area contributed by atoms with Gasteiger partial charge in [0.25, 0.3) is 0 Å². The number of carboxylic acid groups (broad SMARTS) is 1. The Morgan fingerprint density at radius 1 is 1.39 bits per heavy atom. The van der Waals surface area contributed by atoms with E-state index in [1.165, 1.54) is 0 Å². The van der Waals surface area contributed by atoms with Gasteiger partial charge in [0.15, 0.2) is 0 Å². The quantitative estimate of drug-likeness (QED) is 0.656. The Balaban J connectivity index is 2.39. The molecule has 0 aromatic rings. The van der Waals surface area contributed by atoms with Gasteiger partial charge in [-0.3, -0.25) is 4.79 Å². The average molecular weight is 254 g/mol. The molecule has 0 bridgehead atoms. The molecule has 1 rings (SSSR count). The van der Waals surface area contributed by atoms with Crippen LogP contribution in [0.5, 0.6) is 0 Å². The van der Waals surface area contributed by atoms with E-state index in [0.29, 0.717) is 6.42 Å². The van der Waals surface area contributed by atoms with Gasteiger partial charge < -0.3 is 15.7 Å². The minimum absolute atomic E-state index is 0.191. The van der Waals surface area contributed by atoms with Gasteiger partial charge in [-0.25, -0.2) is 4.79 Å². The average Bonchev–Trinajstić information content (AvgIpc) is 2.64. The van der Waals surface area contributed by atoms with Crippen LogP contribution in [-0.4, -0.2) is 28.7 Å². The number of hydrogen-bond acceptors (Lipinski definition) is 2. The topological polar surface area (TPSA) is 78.4 Å². The van der Waals surface area contributed by atoms with Gasteiger partial charge in [-0.2, -0.15) is 0 Å². The Bertz CT molecular complexity index is 350. The Morgan fingerprint density at radius 3 is 2.56 bits per heavy atom. The largest absolute Gasteiger partial charge is 0.481 e. The first-order chi connectivity index (χ1) is 8.34. The second kappa shape index (κ2) is 5.89. The van der Waals surface area contributed by atoms with E-state index in [-0.39, 0.29) is 17.6 Å². The number of carbonyl (C=O) groups is 2. The van der Waals surface area contributed by atoms with Crippen molar-refractivity contribution < 1.29 is 14.7 Å². The van der Waals surface area contributed by atoms with Gasteiger partial charge in [-0.15, -0.1) is 0 Å². The highest BCUT2D eigenvalue weighted by Crippen LogP contribution is 2.18. The Hall–Kier alpha value is -1.52. The lowest BCUT2D eigenvalue weighted by atomic mass is 9.99. The number of rotatable bonds is 5. The number of carbonyl (C=O) groups excluding carboxylic acids is 1. The van der Waals surface area contributed by atoms with Gasteiger partial charge in [-0.05, 0) is 26.7 Å². The first kappa shape index (κ1) is 14.5. The minimum Gasteiger partial charge on any atom is -0.481 e. The zero-order chi connectivity index (χ0) is 13.8. The molecule has 3 N–H and O–H groups in total. The maximum Gasteiger partial charge on any atom is 0.315 e. The summed E-state index contributed by atoms with van der Waals surface area (Å²) >= 11 is 0. The van der Waals surface area contributed by atoms with Crippen LogP contribution in [0.4, 0.5) is 4.79 Å². The molecule has 2 unspecified atom stereocenters. The van der Waals surface area contributed by atoms with Crippen LogP contribution in [0.3, 0.4) is 0 Å². The predicted octanol–water partition coefficient (Wildman–Crippen LogP) is 1.89. The molecule has 1 aliphatic rings. The van der Waals surface area contributed by atoms with Crippen LogP contribution < -0.4 is 10.6 Å². The Labute approximate surface area is 108 Å². The summed E-state index contributed by atoms with van der Waals surface area (Å²) < 4.78 is 0. The molecular weight excluding hydrogens is 232 g/mol. The van der Waals surface area contributed by atoms with E-state index in [0.717, 1.165) is 12.8 Å². The Kier molecular flexibility index (Phi) is 4.76. The van der Waals surface area contributed by atoms with Crippen molar-refractivity contribution in [2.24, 2.45) is 5.92 Å². The third-order valence-corrected chi connectivity index (χ3v) is 3.04. The molecule has 2 amide bonds. The first-order valence-corrected chi connectivity index (χ1v) is 6.34. The molecule has 0 heterocycles. The summed E-state index contributed by atoms with van der Waals surface area (Å²) in [4.78, 5) is 22.5. The maximum atomic E-state index is 11.8. The summed E-state index contributed by atoms with van der Waals surface area (Å²) in [5.41, 5.74) is -0.243. The van der Waals surface area contributed by atoms with Crippen LogP contribution in [-0.2, 0) is 4.79 Å². The molecule has 0 fully saturated rings. The zero-order valence-corrected chi connectivity index (χ0v) is 11.2. The summed E-state index contributed by atoms with van der Waals surface area (Å²) in [5, 5.41) is 14.5. The number of urea groups is 1. The second-order valence-electron chi connectivity index (χ2n) is 5.40. The molecule has 0 saturated heterocycles. The molecule has 5 heteroatoms. The number of carboxylic acids is 1. The van der Waals surface area contributed by atoms with Gasteiger partial charge in [0.2, 0.25) is 0 Å². The molecule has 18 heavy (non-hydrogen) atoms. The van der Waals surface area contributed by atoms with Gasteiger partial charge >= 0.3 is 12.0 Å². The summed E-state index contributed by atoms with van der Waals surface area (Å²) in [5.74, 6) is -1.33. The zero-order valence-electron chi connectivity index (χ0n) is 11.2. The molecule has 102 valence electrons. The van der Waals surface area contributed by atoms with Crippen molar-refractivity contribution in [3.05, 3.63) is 12.2 Å². The fourth-order valence-electron chi connectivity index (χ4n) is 2.19. The molecule has 2 atom stereocenters. The summed E-state index contributed by atoms with van der Waals surface area (Å²) in [6.07, 6.45) is 5.70. The molecule has 0 spiro atoms. The van der Waals surface area contributed by atoms with Crippen molar-refractivity contribution in [2.75, 3.05) is 0 Å². The van der Waals surface area contributed by atoms with Gasteiger partial charge in [0.05, 0.1) is 12.0 Å². The van der Waals surface area contributed by atoms with Crippen molar-refractivity contribution in [3.63, 3.8) is 0 Å². The molecule has 0 aliphatic heterocycles. The smallest absolute Gasteiger partial charge is 0.315 e. The Morgan fingerprint density at radius 2 is 2.06 bits per heavy atom. The summed E-state index contributed by atoms with van der Waals surface area (Å²) in [7, 11) is 0. The van der Waals surface area contributed by atoms with Gasteiger partial charge in [0.1, 0.15) is 0 Å². The van der Waals surface area contributed by atoms with Crippen molar-refractivity contribution in [2.45, 2.75) is 51.6 Å². The van der Waals surface area contributed by atoms with E-state index < -0.39 is 11.9 Å². The van der Waals surface area contributed by atoms with Crippen LogP contribution in [0, 0.1) is 5.92 Å². The number of amides is 2. The third kappa shape index (κ3) is 4.39.